The van der Waals surface area contributed by atoms with Crippen LogP contribution in [0.25, 0.3) is 0 Å². The predicted molar refractivity (Wildman–Crippen MR) is 106 cm³/mol. The number of aryl methyl sites for hydroxylation is 1. The molecule has 2 heterocycles. The van der Waals surface area contributed by atoms with Gasteiger partial charge < -0.3 is 10.2 Å². The smallest absolute Gasteiger partial charge is 0.227 e. The molecule has 150 valence electrons. The molecule has 1 amide bonds. The van der Waals surface area contributed by atoms with Crippen molar-refractivity contribution in [2.24, 2.45) is 13.0 Å². The van der Waals surface area contributed by atoms with Crippen LogP contribution in [-0.4, -0.2) is 46.3 Å². The van der Waals surface area contributed by atoms with Gasteiger partial charge in [-0.2, -0.15) is 5.10 Å². The number of nitrogens with zero attached hydrogens (tertiary/aromatic N) is 3. The predicted octanol–water partition coefficient (Wildman–Crippen LogP) is 2.88. The molecule has 2 fully saturated rings. The van der Waals surface area contributed by atoms with Gasteiger partial charge in [0.1, 0.15) is 5.82 Å². The number of carbonyl (C=O) groups is 1. The lowest BCUT2D eigenvalue weighted by atomic mass is 9.89. The van der Waals surface area contributed by atoms with Gasteiger partial charge in [-0.3, -0.25) is 9.48 Å². The molecule has 2 aromatic rings. The number of carbonyl (C=O) groups excluding carboxylic acids is 1. The highest BCUT2D eigenvalue weighted by atomic mass is 19.1. The van der Waals surface area contributed by atoms with Crippen molar-refractivity contribution >= 4 is 5.91 Å². The maximum absolute atomic E-state index is 13.6. The van der Waals surface area contributed by atoms with E-state index in [0.717, 1.165) is 43.5 Å². The zero-order valence-electron chi connectivity index (χ0n) is 16.5. The molecule has 1 N–H and O–H groups in total. The normalized spacial score (nSPS) is 22.6. The summed E-state index contributed by atoms with van der Waals surface area (Å²) in [6.07, 6.45) is 9.24. The van der Waals surface area contributed by atoms with Gasteiger partial charge in [-0.1, -0.05) is 25.0 Å². The topological polar surface area (TPSA) is 50.2 Å². The highest BCUT2D eigenvalue weighted by molar-refractivity contribution is 5.81. The number of benzene rings is 1. The number of nitrogens with one attached hydrogen (secondary N) is 1. The largest absolute Gasteiger partial charge is 0.339 e. The van der Waals surface area contributed by atoms with Crippen molar-refractivity contribution < 1.29 is 9.18 Å². The Hall–Kier alpha value is -2.21. The minimum atomic E-state index is -0.219. The van der Waals surface area contributed by atoms with Crippen molar-refractivity contribution in [1.82, 2.24) is 20.0 Å². The molecule has 1 aliphatic carbocycles. The first kappa shape index (κ1) is 19.1. The van der Waals surface area contributed by atoms with Crippen molar-refractivity contribution in [1.29, 1.82) is 0 Å². The molecule has 0 unspecified atom stereocenters. The zero-order valence-corrected chi connectivity index (χ0v) is 16.5. The Bertz CT molecular complexity index is 797. The Balaban J connectivity index is 1.50. The minimum absolute atomic E-state index is 0.0435. The summed E-state index contributed by atoms with van der Waals surface area (Å²) in [4.78, 5) is 15.7. The first-order chi connectivity index (χ1) is 13.6. The van der Waals surface area contributed by atoms with Crippen molar-refractivity contribution in [2.75, 3.05) is 19.6 Å². The second-order valence-corrected chi connectivity index (χ2v) is 8.16. The summed E-state index contributed by atoms with van der Waals surface area (Å²) in [5, 5.41) is 7.70. The highest BCUT2D eigenvalue weighted by Crippen LogP contribution is 2.32. The van der Waals surface area contributed by atoms with Crippen LogP contribution >= 0.6 is 0 Å². The van der Waals surface area contributed by atoms with E-state index in [0.29, 0.717) is 12.6 Å². The molecule has 1 saturated heterocycles. The van der Waals surface area contributed by atoms with E-state index in [9.17, 15) is 9.18 Å². The lowest BCUT2D eigenvalue weighted by Crippen LogP contribution is -2.45. The average molecular weight is 384 g/mol. The van der Waals surface area contributed by atoms with Crippen LogP contribution in [0, 0.1) is 11.7 Å². The summed E-state index contributed by atoms with van der Waals surface area (Å²) < 4.78 is 15.0. The second-order valence-electron chi connectivity index (χ2n) is 8.16. The lowest BCUT2D eigenvalue weighted by Gasteiger charge is -2.33. The van der Waals surface area contributed by atoms with Gasteiger partial charge >= 0.3 is 0 Å². The van der Waals surface area contributed by atoms with Crippen LogP contribution in [0.3, 0.4) is 0 Å². The molecule has 2 atom stereocenters. The van der Waals surface area contributed by atoms with Crippen LogP contribution < -0.4 is 5.32 Å². The van der Waals surface area contributed by atoms with E-state index >= 15 is 0 Å². The summed E-state index contributed by atoms with van der Waals surface area (Å²) in [5.74, 6) is 0.172. The molecule has 0 radical (unpaired) electrons. The van der Waals surface area contributed by atoms with Gasteiger partial charge in [-0.05, 0) is 42.5 Å². The number of halogens is 1. The first-order valence-electron chi connectivity index (χ1n) is 10.4. The first-order valence-corrected chi connectivity index (χ1v) is 10.4. The van der Waals surface area contributed by atoms with Crippen LogP contribution in [0.2, 0.25) is 0 Å². The van der Waals surface area contributed by atoms with Crippen LogP contribution in [0.1, 0.15) is 42.7 Å². The average Bonchev–Trinajstić information content (AvgIpc) is 3.44. The molecule has 5 nitrogen and oxygen atoms in total. The van der Waals surface area contributed by atoms with E-state index in [1.54, 1.807) is 4.68 Å². The van der Waals surface area contributed by atoms with Gasteiger partial charge in [0.05, 0.1) is 12.1 Å². The quantitative estimate of drug-likeness (QED) is 0.833. The van der Waals surface area contributed by atoms with E-state index in [-0.39, 0.29) is 23.6 Å². The molecular formula is C22H29FN4O. The van der Waals surface area contributed by atoms with E-state index in [1.807, 2.05) is 31.6 Å². The molecule has 0 spiro atoms. The van der Waals surface area contributed by atoms with Gasteiger partial charge in [0.2, 0.25) is 5.91 Å². The van der Waals surface area contributed by atoms with Gasteiger partial charge in [0.25, 0.3) is 0 Å². The van der Waals surface area contributed by atoms with Crippen molar-refractivity contribution in [3.8, 4) is 0 Å². The molecule has 4 rings (SSSR count). The minimum Gasteiger partial charge on any atom is -0.339 e. The highest BCUT2D eigenvalue weighted by Gasteiger charge is 2.39. The van der Waals surface area contributed by atoms with Crippen LogP contribution in [-0.2, 0) is 18.3 Å². The molecule has 1 aromatic heterocycles. The van der Waals surface area contributed by atoms with Gasteiger partial charge in [0, 0.05) is 44.8 Å². The summed E-state index contributed by atoms with van der Waals surface area (Å²) in [6, 6.07) is 6.97. The van der Waals surface area contributed by atoms with E-state index in [2.05, 4.69) is 15.3 Å². The van der Waals surface area contributed by atoms with Crippen LogP contribution in [0.4, 0.5) is 4.39 Å². The number of hydrogen-bond donors (Lipinski definition) is 1. The van der Waals surface area contributed by atoms with Crippen molar-refractivity contribution in [3.05, 3.63) is 53.6 Å². The van der Waals surface area contributed by atoms with Crippen molar-refractivity contribution in [3.63, 3.8) is 0 Å². The Labute approximate surface area is 165 Å². The Morgan fingerprint density at radius 2 is 2.00 bits per heavy atom. The number of aromatic nitrogens is 2. The van der Waals surface area contributed by atoms with Gasteiger partial charge in [0.15, 0.2) is 0 Å². The Morgan fingerprint density at radius 3 is 2.68 bits per heavy atom. The molecular weight excluding hydrogens is 355 g/mol. The van der Waals surface area contributed by atoms with E-state index in [1.165, 1.54) is 25.0 Å². The third-order valence-corrected chi connectivity index (χ3v) is 6.29. The molecule has 6 heteroatoms. The summed E-state index contributed by atoms with van der Waals surface area (Å²) >= 11 is 0. The zero-order chi connectivity index (χ0) is 19.5. The second kappa shape index (κ2) is 8.43. The number of hydrogen-bond acceptors (Lipinski definition) is 3. The van der Waals surface area contributed by atoms with Gasteiger partial charge in [-0.15, -0.1) is 0 Å². The number of amides is 1. The SMILES string of the molecule is Cn1cc([C@H]2CNC[C@@H]2C(=O)N(CCc2ccc(F)cc2)C2CCCC2)cn1. The van der Waals surface area contributed by atoms with E-state index in [4.69, 9.17) is 0 Å². The third-order valence-electron chi connectivity index (χ3n) is 6.29. The Kier molecular flexibility index (Phi) is 5.76. The summed E-state index contributed by atoms with van der Waals surface area (Å²) in [5.41, 5.74) is 2.21. The maximum Gasteiger partial charge on any atom is 0.227 e. The van der Waals surface area contributed by atoms with Crippen LogP contribution in [0.15, 0.2) is 36.7 Å². The molecule has 1 aromatic carbocycles. The fourth-order valence-corrected chi connectivity index (χ4v) is 4.72. The number of rotatable bonds is 6. The summed E-state index contributed by atoms with van der Waals surface area (Å²) in [6.45, 7) is 2.24. The fraction of sp³-hybridized carbons (Fsp3) is 0.545. The standard InChI is InChI=1S/C22H29FN4O/c1-26-15-17(12-25-26)20-13-24-14-21(20)22(28)27(19-4-2-3-5-19)11-10-16-6-8-18(23)9-7-16/h6-9,12,15,19-21,24H,2-5,10-11,13-14H2,1H3/t20-,21+/m1/s1. The lowest BCUT2D eigenvalue weighted by molar-refractivity contribution is -0.137. The monoisotopic (exact) mass is 384 g/mol. The Morgan fingerprint density at radius 1 is 1.25 bits per heavy atom. The molecule has 0 bridgehead atoms. The van der Waals surface area contributed by atoms with Crippen LogP contribution in [0.5, 0.6) is 0 Å². The molecule has 1 saturated carbocycles. The summed E-state index contributed by atoms with van der Waals surface area (Å²) in [7, 11) is 1.91. The van der Waals surface area contributed by atoms with E-state index < -0.39 is 0 Å². The third kappa shape index (κ3) is 4.12. The molecule has 2 aliphatic rings. The molecule has 28 heavy (non-hydrogen) atoms. The van der Waals surface area contributed by atoms with Gasteiger partial charge in [-0.25, -0.2) is 4.39 Å². The molecule has 1 aliphatic heterocycles. The maximum atomic E-state index is 13.6. The van der Waals surface area contributed by atoms with Crippen molar-refractivity contribution in [2.45, 2.75) is 44.1 Å². The fourth-order valence-electron chi connectivity index (χ4n) is 4.72.